The van der Waals surface area contributed by atoms with E-state index < -0.39 is 0 Å². The van der Waals surface area contributed by atoms with Crippen LogP contribution in [0.2, 0.25) is 0 Å². The number of thiophene rings is 1. The largest absolute Gasteiger partial charge is 0.397 e. The van der Waals surface area contributed by atoms with E-state index in [2.05, 4.69) is 16.0 Å². The summed E-state index contributed by atoms with van der Waals surface area (Å²) in [7, 11) is 1.53. The van der Waals surface area contributed by atoms with Crippen LogP contribution in [-0.4, -0.2) is 31.4 Å². The molecule has 1 aromatic heterocycles. The number of hydrogen-bond acceptors (Lipinski definition) is 5. The number of nitrogens with two attached hydrogens (primary N) is 1. The summed E-state index contributed by atoms with van der Waals surface area (Å²) in [5.41, 5.74) is 6.49. The lowest BCUT2D eigenvalue weighted by molar-refractivity contribution is 0.0959. The number of carbonyl (C=O) groups is 2. The maximum atomic E-state index is 11.9. The Labute approximate surface area is 116 Å². The summed E-state index contributed by atoms with van der Waals surface area (Å²) in [6.45, 7) is 6.25. The third-order valence-electron chi connectivity index (χ3n) is 2.36. The van der Waals surface area contributed by atoms with Crippen LogP contribution >= 0.6 is 11.3 Å². The van der Waals surface area contributed by atoms with Gasteiger partial charge in [0.05, 0.1) is 11.3 Å². The van der Waals surface area contributed by atoms with Gasteiger partial charge in [-0.05, 0) is 20.8 Å². The predicted molar refractivity (Wildman–Crippen MR) is 78.9 cm³/mol. The first-order valence-electron chi connectivity index (χ1n) is 6.11. The van der Waals surface area contributed by atoms with E-state index in [1.54, 1.807) is 0 Å². The van der Waals surface area contributed by atoms with Gasteiger partial charge < -0.3 is 21.7 Å². The van der Waals surface area contributed by atoms with E-state index in [9.17, 15) is 9.59 Å². The zero-order chi connectivity index (χ0) is 14.6. The molecule has 106 valence electrons. The minimum Gasteiger partial charge on any atom is -0.397 e. The fourth-order valence-electron chi connectivity index (χ4n) is 1.57. The number of nitrogen functional groups attached to an aromatic ring is 1. The second-order valence-electron chi connectivity index (χ2n) is 4.29. The van der Waals surface area contributed by atoms with E-state index in [0.29, 0.717) is 22.0 Å². The quantitative estimate of drug-likeness (QED) is 0.654. The molecule has 0 fully saturated rings. The first-order chi connectivity index (χ1) is 8.92. The number of anilines is 2. The Balaban J connectivity index is 3.25. The molecule has 1 rings (SSSR count). The molecule has 6 nitrogen and oxygen atoms in total. The molecule has 0 aliphatic rings. The van der Waals surface area contributed by atoms with Crippen LogP contribution < -0.4 is 21.7 Å². The van der Waals surface area contributed by atoms with Crippen molar-refractivity contribution in [1.29, 1.82) is 0 Å². The number of carbonyl (C=O) groups excluding carboxylic acids is 2. The zero-order valence-corrected chi connectivity index (χ0v) is 12.4. The van der Waals surface area contributed by atoms with Crippen LogP contribution in [0.1, 0.15) is 40.8 Å². The summed E-state index contributed by atoms with van der Waals surface area (Å²) in [6.07, 6.45) is 0. The third-order valence-corrected chi connectivity index (χ3v) is 3.50. The van der Waals surface area contributed by atoms with Crippen molar-refractivity contribution in [3.8, 4) is 0 Å². The van der Waals surface area contributed by atoms with Crippen molar-refractivity contribution in [2.24, 2.45) is 0 Å². The van der Waals surface area contributed by atoms with Crippen LogP contribution in [0.5, 0.6) is 0 Å². The number of hydrogen-bond donors (Lipinski definition) is 4. The normalized spacial score (nSPS) is 10.4. The molecule has 19 heavy (non-hydrogen) atoms. The van der Waals surface area contributed by atoms with Crippen molar-refractivity contribution in [1.82, 2.24) is 10.6 Å². The molecule has 2 amide bonds. The molecular weight excluding hydrogens is 264 g/mol. The zero-order valence-electron chi connectivity index (χ0n) is 11.6. The summed E-state index contributed by atoms with van der Waals surface area (Å²) in [5.74, 6) is -0.556. The highest BCUT2D eigenvalue weighted by molar-refractivity contribution is 7.19. The van der Waals surface area contributed by atoms with Crippen LogP contribution in [0, 0.1) is 0 Å². The smallest absolute Gasteiger partial charge is 0.263 e. The van der Waals surface area contributed by atoms with Gasteiger partial charge in [-0.15, -0.1) is 11.3 Å². The Kier molecular flexibility index (Phi) is 5.17. The molecule has 0 radical (unpaired) electrons. The SMILES string of the molecule is CCNC(=O)c1sc(NC(C)C)c(C(=O)NC)c1N. The fraction of sp³-hybridized carbons (Fsp3) is 0.500. The van der Waals surface area contributed by atoms with Gasteiger partial charge in [0, 0.05) is 19.6 Å². The molecule has 0 aliphatic carbocycles. The molecule has 1 heterocycles. The molecule has 0 atom stereocenters. The lowest BCUT2D eigenvalue weighted by atomic mass is 10.2. The van der Waals surface area contributed by atoms with E-state index in [-0.39, 0.29) is 23.5 Å². The van der Waals surface area contributed by atoms with Crippen molar-refractivity contribution in [2.75, 3.05) is 24.6 Å². The van der Waals surface area contributed by atoms with Gasteiger partial charge in [0.1, 0.15) is 9.88 Å². The van der Waals surface area contributed by atoms with Crippen LogP contribution in [0.4, 0.5) is 10.7 Å². The molecule has 0 unspecified atom stereocenters. The van der Waals surface area contributed by atoms with Gasteiger partial charge in [-0.3, -0.25) is 9.59 Å². The van der Waals surface area contributed by atoms with E-state index in [4.69, 9.17) is 5.73 Å². The van der Waals surface area contributed by atoms with Crippen LogP contribution in [0.3, 0.4) is 0 Å². The second kappa shape index (κ2) is 6.42. The molecule has 0 spiro atoms. The Morgan fingerprint density at radius 2 is 1.95 bits per heavy atom. The van der Waals surface area contributed by atoms with Crippen molar-refractivity contribution in [2.45, 2.75) is 26.8 Å². The highest BCUT2D eigenvalue weighted by atomic mass is 32.1. The van der Waals surface area contributed by atoms with Crippen molar-refractivity contribution in [3.63, 3.8) is 0 Å². The van der Waals surface area contributed by atoms with Crippen molar-refractivity contribution < 1.29 is 9.59 Å². The minimum absolute atomic E-state index is 0.142. The highest BCUT2D eigenvalue weighted by Crippen LogP contribution is 2.36. The number of nitrogens with one attached hydrogen (secondary N) is 3. The summed E-state index contributed by atoms with van der Waals surface area (Å²) < 4.78 is 0. The monoisotopic (exact) mass is 284 g/mol. The van der Waals surface area contributed by atoms with Gasteiger partial charge in [0.15, 0.2) is 0 Å². The second-order valence-corrected chi connectivity index (χ2v) is 5.31. The Bertz CT molecular complexity index is 482. The Hall–Kier alpha value is -1.76. The van der Waals surface area contributed by atoms with Gasteiger partial charge in [0.2, 0.25) is 0 Å². The lowest BCUT2D eigenvalue weighted by Gasteiger charge is -2.09. The van der Waals surface area contributed by atoms with Gasteiger partial charge in [-0.25, -0.2) is 0 Å². The molecule has 0 saturated heterocycles. The molecule has 5 N–H and O–H groups in total. The first kappa shape index (κ1) is 15.3. The van der Waals surface area contributed by atoms with E-state index in [1.165, 1.54) is 18.4 Å². The van der Waals surface area contributed by atoms with Crippen molar-refractivity contribution >= 4 is 33.8 Å². The molecule has 0 aliphatic heterocycles. The molecular formula is C12H20N4O2S. The summed E-state index contributed by atoms with van der Waals surface area (Å²) in [6, 6.07) is 0.142. The van der Waals surface area contributed by atoms with E-state index >= 15 is 0 Å². The molecule has 1 aromatic rings. The van der Waals surface area contributed by atoms with Gasteiger partial charge in [-0.2, -0.15) is 0 Å². The van der Waals surface area contributed by atoms with Crippen LogP contribution in [-0.2, 0) is 0 Å². The minimum atomic E-state index is -0.299. The molecule has 7 heteroatoms. The van der Waals surface area contributed by atoms with Crippen molar-refractivity contribution in [3.05, 3.63) is 10.4 Å². The molecule has 0 saturated carbocycles. The van der Waals surface area contributed by atoms with Crippen LogP contribution in [0.15, 0.2) is 0 Å². The molecule has 0 aromatic carbocycles. The summed E-state index contributed by atoms with van der Waals surface area (Å²) >= 11 is 1.20. The van der Waals surface area contributed by atoms with Gasteiger partial charge >= 0.3 is 0 Å². The van der Waals surface area contributed by atoms with Crippen LogP contribution in [0.25, 0.3) is 0 Å². The predicted octanol–water partition coefficient (Wildman–Crippen LogP) is 1.26. The van der Waals surface area contributed by atoms with E-state index in [1.807, 2.05) is 20.8 Å². The standard InChI is InChI=1S/C12H20N4O2S/c1-5-15-11(18)9-8(13)7(10(17)14-4)12(19-9)16-6(2)3/h6,16H,5,13H2,1-4H3,(H,14,17)(H,15,18). The summed E-state index contributed by atoms with van der Waals surface area (Å²) in [4.78, 5) is 24.1. The maximum absolute atomic E-state index is 11.9. The van der Waals surface area contributed by atoms with E-state index in [0.717, 1.165) is 0 Å². The maximum Gasteiger partial charge on any atom is 0.263 e. The summed E-state index contributed by atoms with van der Waals surface area (Å²) in [5, 5.41) is 8.98. The Morgan fingerprint density at radius 3 is 2.42 bits per heavy atom. The average Bonchev–Trinajstić information content (AvgIpc) is 2.65. The number of amides is 2. The average molecular weight is 284 g/mol. The van der Waals surface area contributed by atoms with Gasteiger partial charge in [0.25, 0.3) is 11.8 Å². The van der Waals surface area contributed by atoms with Gasteiger partial charge in [-0.1, -0.05) is 0 Å². The third kappa shape index (κ3) is 3.37. The topological polar surface area (TPSA) is 96.2 Å². The highest BCUT2D eigenvalue weighted by Gasteiger charge is 2.25. The lowest BCUT2D eigenvalue weighted by Crippen LogP contribution is -2.24. The Morgan fingerprint density at radius 1 is 1.32 bits per heavy atom. The first-order valence-corrected chi connectivity index (χ1v) is 6.93. The molecule has 0 bridgehead atoms. The fourth-order valence-corrected chi connectivity index (χ4v) is 2.75. The number of rotatable bonds is 5.